The van der Waals surface area contributed by atoms with Crippen LogP contribution in [0.4, 0.5) is 0 Å². The van der Waals surface area contributed by atoms with Crippen molar-refractivity contribution < 1.29 is 4.74 Å². The van der Waals surface area contributed by atoms with Crippen LogP contribution in [0.3, 0.4) is 0 Å². The molecule has 2 aliphatic carbocycles. The first-order valence-corrected chi connectivity index (χ1v) is 8.56. The lowest BCUT2D eigenvalue weighted by Crippen LogP contribution is -2.68. The van der Waals surface area contributed by atoms with Crippen LogP contribution in [-0.4, -0.2) is 61.9 Å². The zero-order valence-electron chi connectivity index (χ0n) is 13.2. The molecule has 0 radical (unpaired) electrons. The fourth-order valence-corrected chi connectivity index (χ4v) is 4.40. The summed E-state index contributed by atoms with van der Waals surface area (Å²) in [7, 11) is 2.22. The monoisotopic (exact) mass is 281 g/mol. The van der Waals surface area contributed by atoms with Crippen LogP contribution in [0.15, 0.2) is 0 Å². The van der Waals surface area contributed by atoms with Crippen molar-refractivity contribution in [3.05, 3.63) is 0 Å². The molecule has 116 valence electrons. The Hall–Kier alpha value is -0.160. The molecular weight excluding hydrogens is 250 g/mol. The van der Waals surface area contributed by atoms with Gasteiger partial charge in [-0.05, 0) is 33.2 Å². The Bertz CT molecular complexity index is 309. The molecule has 20 heavy (non-hydrogen) atoms. The smallest absolute Gasteiger partial charge is 0.0662 e. The van der Waals surface area contributed by atoms with E-state index in [1.807, 2.05) is 0 Å². The number of nitrogens with one attached hydrogen (secondary N) is 1. The van der Waals surface area contributed by atoms with Crippen LogP contribution < -0.4 is 5.43 Å². The third kappa shape index (κ3) is 2.76. The van der Waals surface area contributed by atoms with Crippen molar-refractivity contribution in [1.29, 1.82) is 0 Å². The van der Waals surface area contributed by atoms with Gasteiger partial charge in [0.25, 0.3) is 0 Å². The second-order valence-corrected chi connectivity index (χ2v) is 6.95. The van der Waals surface area contributed by atoms with Crippen LogP contribution in [-0.2, 0) is 4.74 Å². The minimum absolute atomic E-state index is 0.442. The Morgan fingerprint density at radius 1 is 1.10 bits per heavy atom. The highest BCUT2D eigenvalue weighted by Crippen LogP contribution is 2.53. The van der Waals surface area contributed by atoms with Crippen molar-refractivity contribution in [2.45, 2.75) is 57.6 Å². The highest BCUT2D eigenvalue weighted by atomic mass is 16.5. The largest absolute Gasteiger partial charge is 0.378 e. The number of nitrogens with zero attached hydrogens (tertiary/aromatic N) is 2. The predicted molar refractivity (Wildman–Crippen MR) is 81.5 cm³/mol. The van der Waals surface area contributed by atoms with Crippen molar-refractivity contribution in [3.8, 4) is 0 Å². The summed E-state index contributed by atoms with van der Waals surface area (Å²) in [6.07, 6.45) is 8.65. The average molecular weight is 281 g/mol. The third-order valence-corrected chi connectivity index (χ3v) is 5.78. The zero-order valence-corrected chi connectivity index (χ0v) is 13.2. The van der Waals surface area contributed by atoms with Gasteiger partial charge >= 0.3 is 0 Å². The first-order valence-electron chi connectivity index (χ1n) is 8.56. The first kappa shape index (κ1) is 14.8. The zero-order chi connectivity index (χ0) is 14.0. The Labute approximate surface area is 123 Å². The molecule has 1 heterocycles. The number of ether oxygens (including phenoxy) is 1. The first-order chi connectivity index (χ1) is 9.74. The van der Waals surface area contributed by atoms with E-state index < -0.39 is 0 Å². The van der Waals surface area contributed by atoms with Gasteiger partial charge in [0.05, 0.1) is 6.10 Å². The van der Waals surface area contributed by atoms with Crippen molar-refractivity contribution in [3.63, 3.8) is 0 Å². The lowest BCUT2D eigenvalue weighted by molar-refractivity contribution is -0.166. The molecule has 1 spiro atoms. The van der Waals surface area contributed by atoms with E-state index in [-0.39, 0.29) is 0 Å². The third-order valence-electron chi connectivity index (χ3n) is 5.78. The van der Waals surface area contributed by atoms with E-state index in [0.29, 0.717) is 17.6 Å². The molecule has 0 aromatic rings. The number of hydrogen-bond acceptors (Lipinski definition) is 4. The Kier molecular flexibility index (Phi) is 4.65. The Morgan fingerprint density at radius 3 is 2.45 bits per heavy atom. The molecule has 1 aliphatic heterocycles. The van der Waals surface area contributed by atoms with E-state index in [0.717, 1.165) is 19.7 Å². The van der Waals surface area contributed by atoms with Gasteiger partial charge in [0.1, 0.15) is 0 Å². The molecule has 3 aliphatic rings. The Balaban J connectivity index is 1.58. The SMILES string of the molecule is CCOC1CC(NN2CCN(C)CC2)C12CCCCC2. The standard InChI is InChI=1S/C16H31N3O/c1-3-20-15-13-14(16(15)7-5-4-6-8-16)17-19-11-9-18(2)10-12-19/h14-15,17H,3-13H2,1-2H3. The van der Waals surface area contributed by atoms with Crippen molar-refractivity contribution in [2.24, 2.45) is 5.41 Å². The maximum Gasteiger partial charge on any atom is 0.0662 e. The molecule has 2 saturated carbocycles. The fourth-order valence-electron chi connectivity index (χ4n) is 4.40. The number of piperazine rings is 1. The van der Waals surface area contributed by atoms with Gasteiger partial charge in [0.2, 0.25) is 0 Å². The minimum atomic E-state index is 0.442. The summed E-state index contributed by atoms with van der Waals surface area (Å²) in [5.74, 6) is 0. The van der Waals surface area contributed by atoms with Crippen LogP contribution >= 0.6 is 0 Å². The second kappa shape index (κ2) is 6.30. The molecule has 3 rings (SSSR count). The lowest BCUT2D eigenvalue weighted by Gasteiger charge is -2.59. The molecule has 1 N–H and O–H groups in total. The van der Waals surface area contributed by atoms with E-state index in [2.05, 4.69) is 29.3 Å². The number of hydrazine groups is 1. The van der Waals surface area contributed by atoms with Crippen molar-refractivity contribution in [1.82, 2.24) is 15.3 Å². The molecule has 0 aromatic heterocycles. The number of rotatable bonds is 4. The highest BCUT2D eigenvalue weighted by Gasteiger charge is 2.55. The molecule has 0 bridgehead atoms. The molecule has 2 atom stereocenters. The fraction of sp³-hybridized carbons (Fsp3) is 1.00. The molecular formula is C16H31N3O. The molecule has 0 amide bonds. The van der Waals surface area contributed by atoms with Gasteiger partial charge in [-0.15, -0.1) is 0 Å². The van der Waals surface area contributed by atoms with Gasteiger partial charge in [-0.3, -0.25) is 5.43 Å². The van der Waals surface area contributed by atoms with Crippen LogP contribution in [0.2, 0.25) is 0 Å². The molecule has 1 saturated heterocycles. The molecule has 0 aromatic carbocycles. The lowest BCUT2D eigenvalue weighted by atomic mass is 9.55. The van der Waals surface area contributed by atoms with Crippen LogP contribution in [0.1, 0.15) is 45.4 Å². The quantitative estimate of drug-likeness (QED) is 0.851. The van der Waals surface area contributed by atoms with E-state index in [9.17, 15) is 0 Å². The summed E-state index contributed by atoms with van der Waals surface area (Å²) in [6.45, 7) is 7.68. The van der Waals surface area contributed by atoms with Crippen LogP contribution in [0.5, 0.6) is 0 Å². The maximum atomic E-state index is 6.04. The summed E-state index contributed by atoms with van der Waals surface area (Å²) in [5.41, 5.74) is 4.29. The van der Waals surface area contributed by atoms with Gasteiger partial charge < -0.3 is 9.64 Å². The summed E-state index contributed by atoms with van der Waals surface area (Å²) in [6, 6.07) is 0.655. The summed E-state index contributed by atoms with van der Waals surface area (Å²) < 4.78 is 6.04. The molecule has 4 nitrogen and oxygen atoms in total. The number of hydrogen-bond donors (Lipinski definition) is 1. The summed E-state index contributed by atoms with van der Waals surface area (Å²) in [4.78, 5) is 2.42. The van der Waals surface area contributed by atoms with Gasteiger partial charge in [-0.25, -0.2) is 5.01 Å². The summed E-state index contributed by atoms with van der Waals surface area (Å²) in [5, 5.41) is 2.46. The summed E-state index contributed by atoms with van der Waals surface area (Å²) >= 11 is 0. The minimum Gasteiger partial charge on any atom is -0.378 e. The highest BCUT2D eigenvalue weighted by molar-refractivity contribution is 5.08. The van der Waals surface area contributed by atoms with E-state index >= 15 is 0 Å². The van der Waals surface area contributed by atoms with E-state index in [1.165, 1.54) is 51.6 Å². The molecule has 2 unspecified atom stereocenters. The molecule has 4 heteroatoms. The second-order valence-electron chi connectivity index (χ2n) is 6.95. The maximum absolute atomic E-state index is 6.04. The van der Waals surface area contributed by atoms with E-state index in [1.54, 1.807) is 0 Å². The van der Waals surface area contributed by atoms with E-state index in [4.69, 9.17) is 4.74 Å². The number of likely N-dealkylation sites (N-methyl/N-ethyl adjacent to an activating group) is 1. The van der Waals surface area contributed by atoms with Gasteiger partial charge in [0, 0.05) is 44.2 Å². The molecule has 3 fully saturated rings. The van der Waals surface area contributed by atoms with Crippen LogP contribution in [0.25, 0.3) is 0 Å². The van der Waals surface area contributed by atoms with Gasteiger partial charge in [0.15, 0.2) is 0 Å². The average Bonchev–Trinajstić information content (AvgIpc) is 2.49. The van der Waals surface area contributed by atoms with Gasteiger partial charge in [-0.1, -0.05) is 19.3 Å². The van der Waals surface area contributed by atoms with Crippen molar-refractivity contribution in [2.75, 3.05) is 39.8 Å². The topological polar surface area (TPSA) is 27.7 Å². The van der Waals surface area contributed by atoms with Crippen molar-refractivity contribution >= 4 is 0 Å². The Morgan fingerprint density at radius 2 is 1.80 bits per heavy atom. The van der Waals surface area contributed by atoms with Crippen LogP contribution in [0, 0.1) is 5.41 Å². The van der Waals surface area contributed by atoms with Gasteiger partial charge in [-0.2, -0.15) is 0 Å². The normalized spacial score (nSPS) is 35.1. The predicted octanol–water partition coefficient (Wildman–Crippen LogP) is 1.87.